The van der Waals surface area contributed by atoms with Crippen molar-refractivity contribution in [1.29, 1.82) is 0 Å². The SMILES string of the molecule is Cc1ccc(-c2nc(CC(=O)NCC3(C(=O)O)CCOCC3)cs2)cc1. The number of ether oxygens (including phenoxy) is 1. The zero-order chi connectivity index (χ0) is 18.6. The number of thiazole rings is 1. The smallest absolute Gasteiger partial charge is 0.311 e. The molecule has 3 rings (SSSR count). The van der Waals surface area contributed by atoms with Gasteiger partial charge in [-0.3, -0.25) is 9.59 Å². The molecule has 6 nitrogen and oxygen atoms in total. The molecule has 1 amide bonds. The molecule has 1 aliphatic heterocycles. The van der Waals surface area contributed by atoms with E-state index in [1.807, 2.05) is 36.6 Å². The topological polar surface area (TPSA) is 88.5 Å². The highest BCUT2D eigenvalue weighted by Gasteiger charge is 2.40. The lowest BCUT2D eigenvalue weighted by atomic mass is 9.80. The first-order chi connectivity index (χ1) is 12.5. The maximum absolute atomic E-state index is 12.2. The molecule has 1 saturated heterocycles. The van der Waals surface area contributed by atoms with Crippen LogP contribution in [0, 0.1) is 12.3 Å². The molecular weight excluding hydrogens is 352 g/mol. The van der Waals surface area contributed by atoms with Crippen LogP contribution in [0.2, 0.25) is 0 Å². The van der Waals surface area contributed by atoms with Crippen molar-refractivity contribution in [2.24, 2.45) is 5.41 Å². The number of carbonyl (C=O) groups excluding carboxylic acids is 1. The average Bonchev–Trinajstić information content (AvgIpc) is 3.09. The molecule has 1 aromatic carbocycles. The van der Waals surface area contributed by atoms with Gasteiger partial charge < -0.3 is 15.2 Å². The van der Waals surface area contributed by atoms with Crippen LogP contribution in [0.25, 0.3) is 10.6 Å². The number of aliphatic carboxylic acids is 1. The van der Waals surface area contributed by atoms with Crippen LogP contribution in [-0.4, -0.2) is 41.7 Å². The molecule has 0 aliphatic carbocycles. The number of aromatic nitrogens is 1. The van der Waals surface area contributed by atoms with Gasteiger partial charge in [0, 0.05) is 30.7 Å². The molecule has 2 heterocycles. The summed E-state index contributed by atoms with van der Waals surface area (Å²) in [5.41, 5.74) is 1.98. The van der Waals surface area contributed by atoms with E-state index in [0.29, 0.717) is 31.7 Å². The number of nitrogens with one attached hydrogen (secondary N) is 1. The Kier molecular flexibility index (Phi) is 5.68. The van der Waals surface area contributed by atoms with E-state index in [9.17, 15) is 14.7 Å². The molecule has 0 unspecified atom stereocenters. The number of carbonyl (C=O) groups is 2. The van der Waals surface area contributed by atoms with Gasteiger partial charge in [0.1, 0.15) is 5.01 Å². The van der Waals surface area contributed by atoms with Crippen LogP contribution in [-0.2, 0) is 20.7 Å². The van der Waals surface area contributed by atoms with E-state index in [1.54, 1.807) is 0 Å². The number of carboxylic acid groups (broad SMARTS) is 1. The van der Waals surface area contributed by atoms with E-state index >= 15 is 0 Å². The second kappa shape index (κ2) is 7.97. The second-order valence-corrected chi connectivity index (χ2v) is 7.52. The highest BCUT2D eigenvalue weighted by Crippen LogP contribution is 2.30. The molecule has 1 aliphatic rings. The minimum Gasteiger partial charge on any atom is -0.481 e. The number of rotatable bonds is 6. The Balaban J connectivity index is 1.58. The number of carboxylic acids is 1. The summed E-state index contributed by atoms with van der Waals surface area (Å²) in [5.74, 6) is -1.09. The van der Waals surface area contributed by atoms with Crippen molar-refractivity contribution in [3.05, 3.63) is 40.9 Å². The van der Waals surface area contributed by atoms with Crippen molar-refractivity contribution in [1.82, 2.24) is 10.3 Å². The maximum Gasteiger partial charge on any atom is 0.311 e. The van der Waals surface area contributed by atoms with Crippen LogP contribution in [0.4, 0.5) is 0 Å². The summed E-state index contributed by atoms with van der Waals surface area (Å²) >= 11 is 1.50. The van der Waals surface area contributed by atoms with Gasteiger partial charge in [-0.1, -0.05) is 29.8 Å². The van der Waals surface area contributed by atoms with Crippen molar-refractivity contribution in [2.45, 2.75) is 26.2 Å². The number of hydrogen-bond donors (Lipinski definition) is 2. The Bertz CT molecular complexity index is 779. The van der Waals surface area contributed by atoms with E-state index in [4.69, 9.17) is 4.74 Å². The second-order valence-electron chi connectivity index (χ2n) is 6.66. The summed E-state index contributed by atoms with van der Waals surface area (Å²) in [6, 6.07) is 8.09. The zero-order valence-electron chi connectivity index (χ0n) is 14.7. The molecular formula is C19H22N2O4S. The Morgan fingerprint density at radius 3 is 2.62 bits per heavy atom. The molecule has 0 spiro atoms. The normalized spacial score (nSPS) is 16.2. The number of hydrogen-bond acceptors (Lipinski definition) is 5. The first kappa shape index (κ1) is 18.5. The van der Waals surface area contributed by atoms with Crippen molar-refractivity contribution >= 4 is 23.2 Å². The van der Waals surface area contributed by atoms with Gasteiger partial charge in [0.2, 0.25) is 5.91 Å². The molecule has 1 aromatic heterocycles. The molecule has 2 aromatic rings. The molecule has 138 valence electrons. The third kappa shape index (κ3) is 4.28. The Hall–Kier alpha value is -2.25. The summed E-state index contributed by atoms with van der Waals surface area (Å²) < 4.78 is 5.24. The van der Waals surface area contributed by atoms with Gasteiger partial charge in [-0.2, -0.15) is 0 Å². The van der Waals surface area contributed by atoms with E-state index in [-0.39, 0.29) is 18.9 Å². The standard InChI is InChI=1S/C19H22N2O4S/c1-13-2-4-14(5-3-13)17-21-15(11-26-17)10-16(22)20-12-19(18(23)24)6-8-25-9-7-19/h2-5,11H,6-10,12H2,1H3,(H,20,22)(H,23,24). The van der Waals surface area contributed by atoms with Crippen molar-refractivity contribution in [2.75, 3.05) is 19.8 Å². The highest BCUT2D eigenvalue weighted by molar-refractivity contribution is 7.13. The third-order valence-electron chi connectivity index (χ3n) is 4.72. The van der Waals surface area contributed by atoms with Gasteiger partial charge in [0.25, 0.3) is 0 Å². The summed E-state index contributed by atoms with van der Waals surface area (Å²) in [4.78, 5) is 28.4. The largest absolute Gasteiger partial charge is 0.481 e. The van der Waals surface area contributed by atoms with Crippen molar-refractivity contribution < 1.29 is 19.4 Å². The zero-order valence-corrected chi connectivity index (χ0v) is 15.5. The first-order valence-corrected chi connectivity index (χ1v) is 9.46. The molecule has 0 saturated carbocycles. The van der Waals surface area contributed by atoms with Crippen molar-refractivity contribution in [3.8, 4) is 10.6 Å². The van der Waals surface area contributed by atoms with Crippen LogP contribution >= 0.6 is 11.3 Å². The molecule has 0 atom stereocenters. The van der Waals surface area contributed by atoms with Gasteiger partial charge in [-0.15, -0.1) is 11.3 Å². The molecule has 2 N–H and O–H groups in total. The lowest BCUT2D eigenvalue weighted by molar-refractivity contribution is -0.154. The van der Waals surface area contributed by atoms with E-state index in [0.717, 1.165) is 10.6 Å². The number of nitrogens with zero attached hydrogens (tertiary/aromatic N) is 1. The average molecular weight is 374 g/mol. The van der Waals surface area contributed by atoms with Gasteiger partial charge in [-0.25, -0.2) is 4.98 Å². The fourth-order valence-corrected chi connectivity index (χ4v) is 3.77. The van der Waals surface area contributed by atoms with Crippen LogP contribution in [0.1, 0.15) is 24.1 Å². The van der Waals surface area contributed by atoms with Crippen LogP contribution < -0.4 is 5.32 Å². The van der Waals surface area contributed by atoms with Gasteiger partial charge in [0.15, 0.2) is 0 Å². The highest BCUT2D eigenvalue weighted by atomic mass is 32.1. The molecule has 0 bridgehead atoms. The van der Waals surface area contributed by atoms with Gasteiger partial charge >= 0.3 is 5.97 Å². The maximum atomic E-state index is 12.2. The van der Waals surface area contributed by atoms with E-state index in [1.165, 1.54) is 16.9 Å². The quantitative estimate of drug-likeness (QED) is 0.811. The monoisotopic (exact) mass is 374 g/mol. The Morgan fingerprint density at radius 2 is 1.96 bits per heavy atom. The fraction of sp³-hybridized carbons (Fsp3) is 0.421. The van der Waals surface area contributed by atoms with E-state index in [2.05, 4.69) is 10.3 Å². The summed E-state index contributed by atoms with van der Waals surface area (Å²) in [6.07, 6.45) is 0.975. The number of amides is 1. The molecule has 26 heavy (non-hydrogen) atoms. The predicted octanol–water partition coefficient (Wildman–Crippen LogP) is 2.66. The summed E-state index contributed by atoms with van der Waals surface area (Å²) in [7, 11) is 0. The lowest BCUT2D eigenvalue weighted by Crippen LogP contribution is -2.46. The third-order valence-corrected chi connectivity index (χ3v) is 5.66. The van der Waals surface area contributed by atoms with Crippen LogP contribution in [0.3, 0.4) is 0 Å². The number of aryl methyl sites for hydroxylation is 1. The van der Waals surface area contributed by atoms with Crippen LogP contribution in [0.5, 0.6) is 0 Å². The number of benzene rings is 1. The summed E-state index contributed by atoms with van der Waals surface area (Å²) in [5, 5.41) is 15.0. The van der Waals surface area contributed by atoms with Crippen molar-refractivity contribution in [3.63, 3.8) is 0 Å². The van der Waals surface area contributed by atoms with Gasteiger partial charge in [-0.05, 0) is 19.8 Å². The Morgan fingerprint density at radius 1 is 1.27 bits per heavy atom. The Labute approximate surface area is 156 Å². The van der Waals surface area contributed by atoms with E-state index < -0.39 is 11.4 Å². The van der Waals surface area contributed by atoms with Crippen LogP contribution in [0.15, 0.2) is 29.6 Å². The molecule has 0 radical (unpaired) electrons. The molecule has 7 heteroatoms. The minimum absolute atomic E-state index is 0.124. The first-order valence-electron chi connectivity index (χ1n) is 8.58. The minimum atomic E-state index is -0.928. The lowest BCUT2D eigenvalue weighted by Gasteiger charge is -2.33. The van der Waals surface area contributed by atoms with Gasteiger partial charge in [0.05, 0.1) is 17.5 Å². The fourth-order valence-electron chi connectivity index (χ4n) is 2.94. The predicted molar refractivity (Wildman–Crippen MR) is 99.1 cm³/mol. The summed E-state index contributed by atoms with van der Waals surface area (Å²) in [6.45, 7) is 2.98. The molecule has 1 fully saturated rings.